The van der Waals surface area contributed by atoms with E-state index in [4.69, 9.17) is 5.73 Å². The van der Waals surface area contributed by atoms with Crippen molar-refractivity contribution < 1.29 is 4.92 Å². The second kappa shape index (κ2) is 4.60. The summed E-state index contributed by atoms with van der Waals surface area (Å²) < 4.78 is 0. The first-order valence-electron chi connectivity index (χ1n) is 7.03. The van der Waals surface area contributed by atoms with Crippen LogP contribution in [-0.4, -0.2) is 34.0 Å². The highest BCUT2D eigenvalue weighted by Crippen LogP contribution is 2.41. The Hall–Kier alpha value is -1.80. The molecule has 0 spiro atoms. The minimum Gasteiger partial charge on any atom is -0.355 e. The minimum atomic E-state index is -0.370. The van der Waals surface area contributed by atoms with Gasteiger partial charge in [0.1, 0.15) is 17.0 Å². The number of thiophene rings is 1. The first-order chi connectivity index (χ1) is 10.1. The first-order valence-corrected chi connectivity index (χ1v) is 7.84. The standard InChI is InChI=1S/C13H15N5O2S/c14-10-2-1-7-4-17(5-9(7)10)12-8-3-11(18(19)20)21-13(8)16-6-15-12/h3,6-7,9-10H,1-2,4-5,14H2. The minimum absolute atomic E-state index is 0.114. The van der Waals surface area contributed by atoms with Gasteiger partial charge in [0.05, 0.1) is 10.3 Å². The van der Waals surface area contributed by atoms with Crippen LogP contribution in [0.1, 0.15) is 12.8 Å². The van der Waals surface area contributed by atoms with E-state index in [2.05, 4.69) is 14.9 Å². The zero-order valence-electron chi connectivity index (χ0n) is 11.3. The van der Waals surface area contributed by atoms with E-state index in [1.165, 1.54) is 12.7 Å². The molecular weight excluding hydrogens is 290 g/mol. The fourth-order valence-electron chi connectivity index (χ4n) is 3.65. The molecule has 8 heteroatoms. The van der Waals surface area contributed by atoms with Crippen LogP contribution in [0.3, 0.4) is 0 Å². The molecule has 4 rings (SSSR count). The smallest absolute Gasteiger partial charge is 0.326 e. The van der Waals surface area contributed by atoms with Crippen LogP contribution in [0, 0.1) is 22.0 Å². The molecule has 3 atom stereocenters. The summed E-state index contributed by atoms with van der Waals surface area (Å²) in [4.78, 5) is 22.0. The molecule has 1 aliphatic carbocycles. The molecule has 7 nitrogen and oxygen atoms in total. The van der Waals surface area contributed by atoms with Gasteiger partial charge >= 0.3 is 5.00 Å². The second-order valence-electron chi connectivity index (χ2n) is 5.83. The van der Waals surface area contributed by atoms with Crippen molar-refractivity contribution in [3.8, 4) is 0 Å². The molecule has 2 fully saturated rings. The monoisotopic (exact) mass is 305 g/mol. The predicted molar refractivity (Wildman–Crippen MR) is 80.5 cm³/mol. The largest absolute Gasteiger partial charge is 0.355 e. The summed E-state index contributed by atoms with van der Waals surface area (Å²) in [5.74, 6) is 1.95. The Morgan fingerprint density at radius 2 is 2.24 bits per heavy atom. The van der Waals surface area contributed by atoms with E-state index in [9.17, 15) is 10.1 Å². The summed E-state index contributed by atoms with van der Waals surface area (Å²) in [6.07, 6.45) is 3.76. The molecule has 1 aliphatic heterocycles. The summed E-state index contributed by atoms with van der Waals surface area (Å²) in [6.45, 7) is 1.83. The fourth-order valence-corrected chi connectivity index (χ4v) is 4.46. The number of rotatable bonds is 2. The summed E-state index contributed by atoms with van der Waals surface area (Å²) in [7, 11) is 0. The average molecular weight is 305 g/mol. The first kappa shape index (κ1) is 12.9. The van der Waals surface area contributed by atoms with Crippen molar-refractivity contribution in [1.82, 2.24) is 9.97 Å². The molecule has 0 amide bonds. The summed E-state index contributed by atoms with van der Waals surface area (Å²) in [5, 5.41) is 11.8. The van der Waals surface area contributed by atoms with Gasteiger partial charge in [-0.3, -0.25) is 10.1 Å². The molecule has 0 bridgehead atoms. The molecule has 1 saturated heterocycles. The third-order valence-electron chi connectivity index (χ3n) is 4.69. The van der Waals surface area contributed by atoms with Crippen LogP contribution >= 0.6 is 11.3 Å². The lowest BCUT2D eigenvalue weighted by Crippen LogP contribution is -2.30. The van der Waals surface area contributed by atoms with Gasteiger partial charge in [-0.2, -0.15) is 0 Å². The molecule has 3 heterocycles. The maximum Gasteiger partial charge on any atom is 0.326 e. The van der Waals surface area contributed by atoms with E-state index in [1.54, 1.807) is 6.07 Å². The van der Waals surface area contributed by atoms with Gasteiger partial charge in [-0.15, -0.1) is 0 Å². The molecule has 1 saturated carbocycles. The van der Waals surface area contributed by atoms with Crippen LogP contribution in [0.4, 0.5) is 10.8 Å². The Balaban J connectivity index is 1.72. The summed E-state index contributed by atoms with van der Waals surface area (Å²) >= 11 is 1.10. The van der Waals surface area contributed by atoms with E-state index in [0.29, 0.717) is 16.7 Å². The van der Waals surface area contributed by atoms with Crippen LogP contribution in [-0.2, 0) is 0 Å². The van der Waals surface area contributed by atoms with Gasteiger partial charge in [0.15, 0.2) is 0 Å². The molecule has 0 radical (unpaired) electrons. The maximum absolute atomic E-state index is 10.9. The number of hydrogen-bond donors (Lipinski definition) is 1. The number of nitro groups is 1. The lowest BCUT2D eigenvalue weighted by atomic mass is 9.98. The quantitative estimate of drug-likeness (QED) is 0.670. The highest BCUT2D eigenvalue weighted by Gasteiger charge is 2.41. The van der Waals surface area contributed by atoms with Crippen LogP contribution in [0.2, 0.25) is 0 Å². The van der Waals surface area contributed by atoms with Crippen LogP contribution in [0.5, 0.6) is 0 Å². The van der Waals surface area contributed by atoms with Gasteiger partial charge in [-0.25, -0.2) is 9.97 Å². The van der Waals surface area contributed by atoms with Crippen LogP contribution in [0.15, 0.2) is 12.4 Å². The summed E-state index contributed by atoms with van der Waals surface area (Å²) in [5.41, 5.74) is 6.17. The highest BCUT2D eigenvalue weighted by atomic mass is 32.1. The predicted octanol–water partition coefficient (Wildman–Crippen LogP) is 1.77. The molecule has 3 unspecified atom stereocenters. The number of anilines is 1. The number of aromatic nitrogens is 2. The Labute approximate surface area is 124 Å². The Morgan fingerprint density at radius 1 is 1.38 bits per heavy atom. The molecule has 110 valence electrons. The van der Waals surface area contributed by atoms with E-state index >= 15 is 0 Å². The number of nitrogens with zero attached hydrogens (tertiary/aromatic N) is 4. The van der Waals surface area contributed by atoms with Gasteiger partial charge < -0.3 is 10.6 Å². The highest BCUT2D eigenvalue weighted by molar-refractivity contribution is 7.21. The molecule has 2 aromatic rings. The second-order valence-corrected chi connectivity index (χ2v) is 6.84. The SMILES string of the molecule is NC1CCC2CN(c3ncnc4sc([N+](=O)[O-])cc34)CC12. The van der Waals surface area contributed by atoms with Crippen LogP contribution in [0.25, 0.3) is 10.2 Å². The van der Waals surface area contributed by atoms with E-state index in [-0.39, 0.29) is 16.0 Å². The number of hydrogen-bond acceptors (Lipinski definition) is 7. The van der Waals surface area contributed by atoms with E-state index in [1.807, 2.05) is 0 Å². The zero-order valence-corrected chi connectivity index (χ0v) is 12.1. The Morgan fingerprint density at radius 3 is 3.00 bits per heavy atom. The third kappa shape index (κ3) is 1.97. The Bertz CT molecular complexity index is 718. The molecule has 21 heavy (non-hydrogen) atoms. The van der Waals surface area contributed by atoms with Gasteiger partial charge in [-0.1, -0.05) is 0 Å². The number of nitrogens with two attached hydrogens (primary N) is 1. The van der Waals surface area contributed by atoms with Crippen LogP contribution < -0.4 is 10.6 Å². The van der Waals surface area contributed by atoms with E-state index < -0.39 is 0 Å². The summed E-state index contributed by atoms with van der Waals surface area (Å²) in [6, 6.07) is 1.86. The maximum atomic E-state index is 10.9. The van der Waals surface area contributed by atoms with Crippen molar-refractivity contribution in [3.05, 3.63) is 22.5 Å². The number of fused-ring (bicyclic) bond motifs is 2. The molecule has 0 aromatic carbocycles. The topological polar surface area (TPSA) is 98.2 Å². The third-order valence-corrected chi connectivity index (χ3v) is 5.68. The zero-order chi connectivity index (χ0) is 14.6. The fraction of sp³-hybridized carbons (Fsp3) is 0.538. The molecule has 2 N–H and O–H groups in total. The normalized spacial score (nSPS) is 28.2. The van der Waals surface area contributed by atoms with Crippen molar-refractivity contribution in [1.29, 1.82) is 0 Å². The van der Waals surface area contributed by atoms with Crippen molar-refractivity contribution in [2.24, 2.45) is 17.6 Å². The van der Waals surface area contributed by atoms with Gasteiger partial charge in [0, 0.05) is 25.2 Å². The molecular formula is C13H15N5O2S. The van der Waals surface area contributed by atoms with Crippen molar-refractivity contribution in [3.63, 3.8) is 0 Å². The lowest BCUT2D eigenvalue weighted by molar-refractivity contribution is -0.380. The van der Waals surface area contributed by atoms with Gasteiger partial charge in [0.2, 0.25) is 0 Å². The average Bonchev–Trinajstić information content (AvgIpc) is 3.13. The van der Waals surface area contributed by atoms with Gasteiger partial charge in [-0.05, 0) is 36.0 Å². The van der Waals surface area contributed by atoms with Crippen molar-refractivity contribution >= 4 is 32.4 Å². The van der Waals surface area contributed by atoms with Gasteiger partial charge in [0.25, 0.3) is 0 Å². The van der Waals surface area contributed by atoms with Crippen molar-refractivity contribution in [2.75, 3.05) is 18.0 Å². The van der Waals surface area contributed by atoms with Crippen molar-refractivity contribution in [2.45, 2.75) is 18.9 Å². The molecule has 2 aromatic heterocycles. The molecule has 2 aliphatic rings. The Kier molecular flexibility index (Phi) is 2.83. The van der Waals surface area contributed by atoms with E-state index in [0.717, 1.165) is 42.1 Å². The lowest BCUT2D eigenvalue weighted by Gasteiger charge is -2.20.